The van der Waals surface area contributed by atoms with Crippen molar-refractivity contribution < 1.29 is 0 Å². The van der Waals surface area contributed by atoms with Gasteiger partial charge in [0.15, 0.2) is 0 Å². The van der Waals surface area contributed by atoms with Crippen LogP contribution < -0.4 is 10.2 Å². The maximum Gasteiger partial charge on any atom is 0.0372 e. The summed E-state index contributed by atoms with van der Waals surface area (Å²) in [6, 6.07) is 6.84. The summed E-state index contributed by atoms with van der Waals surface area (Å²) in [5, 5.41) is 3.63. The van der Waals surface area contributed by atoms with Crippen LogP contribution in [-0.2, 0) is 0 Å². The van der Waals surface area contributed by atoms with Crippen molar-refractivity contribution in [3.8, 4) is 0 Å². The van der Waals surface area contributed by atoms with E-state index in [2.05, 4.69) is 56.1 Å². The minimum atomic E-state index is 0.260. The van der Waals surface area contributed by atoms with Gasteiger partial charge >= 0.3 is 0 Å². The van der Waals surface area contributed by atoms with Gasteiger partial charge in [-0.2, -0.15) is 0 Å². The highest BCUT2D eigenvalue weighted by molar-refractivity contribution is 5.51. The zero-order chi connectivity index (χ0) is 12.5. The van der Waals surface area contributed by atoms with E-state index >= 15 is 0 Å². The number of piperazine rings is 1. The third kappa shape index (κ3) is 2.81. The van der Waals surface area contributed by atoms with Crippen LogP contribution in [0, 0.1) is 13.8 Å². The van der Waals surface area contributed by atoms with Crippen LogP contribution in [0.15, 0.2) is 18.2 Å². The predicted octanol–water partition coefficient (Wildman–Crippen LogP) is 2.88. The van der Waals surface area contributed by atoms with Gasteiger partial charge in [-0.15, -0.1) is 0 Å². The van der Waals surface area contributed by atoms with Gasteiger partial charge in [-0.25, -0.2) is 0 Å². The van der Waals surface area contributed by atoms with Gasteiger partial charge in [0.2, 0.25) is 0 Å². The van der Waals surface area contributed by atoms with E-state index in [1.54, 1.807) is 0 Å². The largest absolute Gasteiger partial charge is 0.368 e. The Morgan fingerprint density at radius 2 is 1.88 bits per heavy atom. The highest BCUT2D eigenvalue weighted by Gasteiger charge is 2.28. The van der Waals surface area contributed by atoms with E-state index < -0.39 is 0 Å². The van der Waals surface area contributed by atoms with Gasteiger partial charge < -0.3 is 10.2 Å². The fourth-order valence-corrected chi connectivity index (χ4v) is 2.64. The fraction of sp³-hybridized carbons (Fsp3) is 0.600. The zero-order valence-electron chi connectivity index (χ0n) is 11.5. The molecule has 1 heterocycles. The summed E-state index contributed by atoms with van der Waals surface area (Å²) < 4.78 is 0. The van der Waals surface area contributed by atoms with Gasteiger partial charge in [0.05, 0.1) is 0 Å². The van der Waals surface area contributed by atoms with Gasteiger partial charge in [-0.05, 0) is 50.5 Å². The fourth-order valence-electron chi connectivity index (χ4n) is 2.64. The summed E-state index contributed by atoms with van der Waals surface area (Å²) in [5.74, 6) is 0. The predicted molar refractivity (Wildman–Crippen MR) is 74.8 cm³/mol. The lowest BCUT2D eigenvalue weighted by molar-refractivity contribution is 0.314. The highest BCUT2D eigenvalue weighted by Crippen LogP contribution is 2.24. The molecular formula is C15H24N2. The summed E-state index contributed by atoms with van der Waals surface area (Å²) in [6.45, 7) is 12.2. The van der Waals surface area contributed by atoms with Crippen molar-refractivity contribution in [3.63, 3.8) is 0 Å². The Labute approximate surface area is 105 Å². The molecule has 2 heteroatoms. The lowest BCUT2D eigenvalue weighted by atomic mass is 9.95. The van der Waals surface area contributed by atoms with Crippen LogP contribution >= 0.6 is 0 Å². The number of benzene rings is 1. The SMILES string of the molecule is CCC1(C)CN(c2cc(C)cc(C)c2)CCN1. The Kier molecular flexibility index (Phi) is 3.43. The standard InChI is InChI=1S/C15H24N2/c1-5-15(4)11-17(7-6-16-15)14-9-12(2)8-13(3)10-14/h8-10,16H,5-7,11H2,1-4H3. The topological polar surface area (TPSA) is 15.3 Å². The molecule has 1 saturated heterocycles. The van der Waals surface area contributed by atoms with Crippen molar-refractivity contribution in [1.29, 1.82) is 0 Å². The molecule has 0 aromatic heterocycles. The summed E-state index contributed by atoms with van der Waals surface area (Å²) in [6.07, 6.45) is 1.17. The second kappa shape index (κ2) is 4.69. The van der Waals surface area contributed by atoms with E-state index in [1.165, 1.54) is 23.2 Å². The summed E-state index contributed by atoms with van der Waals surface area (Å²) in [5.41, 5.74) is 4.35. The molecule has 1 aromatic carbocycles. The molecule has 0 spiro atoms. The van der Waals surface area contributed by atoms with Crippen LogP contribution in [0.2, 0.25) is 0 Å². The third-order valence-electron chi connectivity index (χ3n) is 3.83. The number of nitrogens with one attached hydrogen (secondary N) is 1. The first-order valence-corrected chi connectivity index (χ1v) is 6.61. The van der Waals surface area contributed by atoms with Crippen molar-refractivity contribution in [1.82, 2.24) is 5.32 Å². The molecule has 94 valence electrons. The van der Waals surface area contributed by atoms with Crippen LogP contribution in [-0.4, -0.2) is 25.2 Å². The van der Waals surface area contributed by atoms with E-state index in [1.807, 2.05) is 0 Å². The molecule has 1 atom stereocenters. The van der Waals surface area contributed by atoms with Gasteiger partial charge in [0.1, 0.15) is 0 Å². The highest BCUT2D eigenvalue weighted by atomic mass is 15.2. The van der Waals surface area contributed by atoms with Gasteiger partial charge in [0.25, 0.3) is 0 Å². The van der Waals surface area contributed by atoms with Crippen LogP contribution in [0.4, 0.5) is 5.69 Å². The van der Waals surface area contributed by atoms with Crippen LogP contribution in [0.25, 0.3) is 0 Å². The normalized spacial score (nSPS) is 25.1. The lowest BCUT2D eigenvalue weighted by Crippen LogP contribution is -2.58. The minimum Gasteiger partial charge on any atom is -0.368 e. The molecule has 1 aliphatic rings. The number of aryl methyl sites for hydroxylation is 2. The van der Waals surface area contributed by atoms with Crippen LogP contribution in [0.5, 0.6) is 0 Å². The first-order valence-electron chi connectivity index (χ1n) is 6.61. The zero-order valence-corrected chi connectivity index (χ0v) is 11.5. The molecule has 1 aromatic rings. The second-order valence-corrected chi connectivity index (χ2v) is 5.61. The van der Waals surface area contributed by atoms with E-state index in [-0.39, 0.29) is 5.54 Å². The van der Waals surface area contributed by atoms with Crippen molar-refractivity contribution >= 4 is 5.69 Å². The smallest absolute Gasteiger partial charge is 0.0372 e. The molecule has 1 fully saturated rings. The van der Waals surface area contributed by atoms with Crippen molar-refractivity contribution in [2.75, 3.05) is 24.5 Å². The van der Waals surface area contributed by atoms with Crippen molar-refractivity contribution in [3.05, 3.63) is 29.3 Å². The summed E-state index contributed by atoms with van der Waals surface area (Å²) >= 11 is 0. The first kappa shape index (κ1) is 12.4. The Morgan fingerprint density at radius 1 is 1.24 bits per heavy atom. The van der Waals surface area contributed by atoms with E-state index in [0.29, 0.717) is 0 Å². The maximum atomic E-state index is 3.63. The Bertz CT molecular complexity index is 380. The average molecular weight is 232 g/mol. The molecule has 0 radical (unpaired) electrons. The maximum absolute atomic E-state index is 3.63. The molecule has 17 heavy (non-hydrogen) atoms. The molecule has 2 rings (SSSR count). The molecule has 2 nitrogen and oxygen atoms in total. The molecule has 0 saturated carbocycles. The number of nitrogens with zero attached hydrogens (tertiary/aromatic N) is 1. The quantitative estimate of drug-likeness (QED) is 0.843. The molecule has 1 unspecified atom stereocenters. The first-order chi connectivity index (χ1) is 8.02. The number of anilines is 1. The average Bonchev–Trinajstić information content (AvgIpc) is 2.28. The Hall–Kier alpha value is -1.02. The lowest BCUT2D eigenvalue weighted by Gasteiger charge is -2.42. The number of hydrogen-bond donors (Lipinski definition) is 1. The van der Waals surface area contributed by atoms with Gasteiger partial charge in [0, 0.05) is 30.9 Å². The number of rotatable bonds is 2. The molecular weight excluding hydrogens is 208 g/mol. The minimum absolute atomic E-state index is 0.260. The molecule has 0 amide bonds. The number of hydrogen-bond acceptors (Lipinski definition) is 2. The monoisotopic (exact) mass is 232 g/mol. The third-order valence-corrected chi connectivity index (χ3v) is 3.83. The summed E-state index contributed by atoms with van der Waals surface area (Å²) in [7, 11) is 0. The van der Waals surface area contributed by atoms with Crippen molar-refractivity contribution in [2.45, 2.75) is 39.7 Å². The molecule has 1 N–H and O–H groups in total. The van der Waals surface area contributed by atoms with Gasteiger partial charge in [-0.1, -0.05) is 13.0 Å². The molecule has 1 aliphatic heterocycles. The Balaban J connectivity index is 2.21. The molecule has 0 aliphatic carbocycles. The van der Waals surface area contributed by atoms with E-state index in [0.717, 1.165) is 19.6 Å². The van der Waals surface area contributed by atoms with Crippen LogP contribution in [0.3, 0.4) is 0 Å². The van der Waals surface area contributed by atoms with Crippen molar-refractivity contribution in [2.24, 2.45) is 0 Å². The van der Waals surface area contributed by atoms with E-state index in [4.69, 9.17) is 0 Å². The molecule has 0 bridgehead atoms. The van der Waals surface area contributed by atoms with Crippen LogP contribution in [0.1, 0.15) is 31.4 Å². The second-order valence-electron chi connectivity index (χ2n) is 5.61. The van der Waals surface area contributed by atoms with Gasteiger partial charge in [-0.3, -0.25) is 0 Å². The van der Waals surface area contributed by atoms with E-state index in [9.17, 15) is 0 Å². The summed E-state index contributed by atoms with van der Waals surface area (Å²) in [4.78, 5) is 2.51. The Morgan fingerprint density at radius 3 is 2.47 bits per heavy atom.